The Morgan fingerprint density at radius 3 is 2.58 bits per heavy atom. The topological polar surface area (TPSA) is 46.4 Å². The van der Waals surface area contributed by atoms with E-state index in [0.717, 1.165) is 22.6 Å². The molecule has 26 heavy (non-hydrogen) atoms. The molecule has 1 aliphatic rings. The van der Waals surface area contributed by atoms with Crippen LogP contribution in [0.2, 0.25) is 0 Å². The fourth-order valence-corrected chi connectivity index (χ4v) is 4.21. The average Bonchev–Trinajstić information content (AvgIpc) is 2.96. The van der Waals surface area contributed by atoms with Gasteiger partial charge in [0.2, 0.25) is 5.91 Å². The molecule has 1 amide bonds. The van der Waals surface area contributed by atoms with Gasteiger partial charge >= 0.3 is 0 Å². The zero-order valence-electron chi connectivity index (χ0n) is 15.5. The first-order valence-electron chi connectivity index (χ1n) is 9.21. The lowest BCUT2D eigenvalue weighted by Gasteiger charge is -2.16. The minimum atomic E-state index is 0. The molecule has 2 aromatic rings. The maximum absolute atomic E-state index is 12.3. The van der Waals surface area contributed by atoms with Gasteiger partial charge in [-0.05, 0) is 37.0 Å². The maximum atomic E-state index is 12.3. The van der Waals surface area contributed by atoms with Crippen molar-refractivity contribution < 1.29 is 4.79 Å². The van der Waals surface area contributed by atoms with Crippen LogP contribution in [0.1, 0.15) is 50.3 Å². The van der Waals surface area contributed by atoms with Crippen molar-refractivity contribution in [1.29, 1.82) is 0 Å². The Morgan fingerprint density at radius 1 is 1.23 bits per heavy atom. The molecule has 0 atom stereocenters. The second-order valence-electron chi connectivity index (χ2n) is 6.76. The zero-order chi connectivity index (χ0) is 17.6. The minimum Gasteiger partial charge on any atom is -0.326 e. The lowest BCUT2D eigenvalue weighted by Crippen LogP contribution is -2.22. The van der Waals surface area contributed by atoms with Gasteiger partial charge in [0.15, 0.2) is 4.80 Å². The van der Waals surface area contributed by atoms with Gasteiger partial charge < -0.3 is 9.88 Å². The molecular formula is C20H28ClN3OS. The van der Waals surface area contributed by atoms with Crippen LogP contribution >= 0.6 is 23.7 Å². The maximum Gasteiger partial charge on any atom is 0.230 e. The highest BCUT2D eigenvalue weighted by molar-refractivity contribution is 7.07. The Labute approximate surface area is 165 Å². The standard InChI is InChI=1S/C20H27N3OS.ClH/c1-3-15-9-11-17(12-10-15)21-19(24)13-18-14-25-20(23(18)2)22-16-7-5-4-6-8-16;/h9-12,14,16H,3-8,13H2,1-2H3,(H,21,24);1H. The molecule has 6 heteroatoms. The molecule has 0 bridgehead atoms. The van der Waals surface area contributed by atoms with Crippen LogP contribution in [0.3, 0.4) is 0 Å². The SMILES string of the molecule is CCc1ccc(NC(=O)Cc2csc(=NC3CCCCC3)n2C)cc1.Cl. The molecule has 0 radical (unpaired) electrons. The molecule has 142 valence electrons. The summed E-state index contributed by atoms with van der Waals surface area (Å²) in [5, 5.41) is 5.04. The van der Waals surface area contributed by atoms with E-state index < -0.39 is 0 Å². The molecule has 0 aliphatic heterocycles. The number of hydrogen-bond donors (Lipinski definition) is 1. The second kappa shape index (κ2) is 9.93. The van der Waals surface area contributed by atoms with Crippen LogP contribution in [-0.4, -0.2) is 16.5 Å². The monoisotopic (exact) mass is 393 g/mol. The lowest BCUT2D eigenvalue weighted by molar-refractivity contribution is -0.115. The first-order chi connectivity index (χ1) is 12.2. The number of nitrogens with one attached hydrogen (secondary N) is 1. The first kappa shape index (κ1) is 20.7. The Hall–Kier alpha value is -1.59. The Bertz CT molecular complexity index is 773. The van der Waals surface area contributed by atoms with Gasteiger partial charge in [0.1, 0.15) is 0 Å². The number of nitrogens with zero attached hydrogens (tertiary/aromatic N) is 2. The van der Waals surface area contributed by atoms with E-state index in [0.29, 0.717) is 12.5 Å². The molecule has 3 rings (SSSR count). The number of rotatable bonds is 5. The van der Waals surface area contributed by atoms with Gasteiger partial charge in [0.25, 0.3) is 0 Å². The van der Waals surface area contributed by atoms with Crippen molar-refractivity contribution in [2.75, 3.05) is 5.32 Å². The van der Waals surface area contributed by atoms with Crippen molar-refractivity contribution in [2.45, 2.75) is 57.9 Å². The molecule has 0 unspecified atom stereocenters. The molecule has 4 nitrogen and oxygen atoms in total. The molecule has 0 saturated heterocycles. The summed E-state index contributed by atoms with van der Waals surface area (Å²) >= 11 is 1.64. The van der Waals surface area contributed by atoms with Gasteiger partial charge in [0.05, 0.1) is 12.5 Å². The molecule has 1 aromatic heterocycles. The Morgan fingerprint density at radius 2 is 1.92 bits per heavy atom. The quantitative estimate of drug-likeness (QED) is 0.799. The fraction of sp³-hybridized carbons (Fsp3) is 0.500. The van der Waals surface area contributed by atoms with Crippen LogP contribution in [0, 0.1) is 0 Å². The highest BCUT2D eigenvalue weighted by atomic mass is 35.5. The summed E-state index contributed by atoms with van der Waals surface area (Å²) in [4.78, 5) is 18.3. The fourth-order valence-electron chi connectivity index (χ4n) is 3.24. The van der Waals surface area contributed by atoms with Crippen LogP contribution in [0.5, 0.6) is 0 Å². The number of halogens is 1. The van der Waals surface area contributed by atoms with Crippen molar-refractivity contribution >= 4 is 35.3 Å². The van der Waals surface area contributed by atoms with E-state index >= 15 is 0 Å². The lowest BCUT2D eigenvalue weighted by atomic mass is 9.96. The Kier molecular flexibility index (Phi) is 7.91. The van der Waals surface area contributed by atoms with E-state index in [9.17, 15) is 4.79 Å². The molecule has 1 saturated carbocycles. The minimum absolute atomic E-state index is 0. The smallest absolute Gasteiger partial charge is 0.230 e. The number of amides is 1. The van der Waals surface area contributed by atoms with Gasteiger partial charge in [-0.1, -0.05) is 38.3 Å². The first-order valence-corrected chi connectivity index (χ1v) is 10.1. The number of carbonyl (C=O) groups excluding carboxylic acids is 1. The van der Waals surface area contributed by atoms with Gasteiger partial charge in [-0.15, -0.1) is 23.7 Å². The van der Waals surface area contributed by atoms with E-state index in [1.807, 2.05) is 19.2 Å². The largest absolute Gasteiger partial charge is 0.326 e. The summed E-state index contributed by atoms with van der Waals surface area (Å²) in [5.41, 5.74) is 3.14. The third-order valence-corrected chi connectivity index (χ3v) is 5.85. The highest BCUT2D eigenvalue weighted by Crippen LogP contribution is 2.20. The van der Waals surface area contributed by atoms with Gasteiger partial charge in [-0.3, -0.25) is 9.79 Å². The predicted octanol–water partition coefficient (Wildman–Crippen LogP) is 4.49. The second-order valence-corrected chi connectivity index (χ2v) is 7.60. The molecule has 1 fully saturated rings. The van der Waals surface area contributed by atoms with Gasteiger partial charge in [0, 0.05) is 23.8 Å². The van der Waals surface area contributed by atoms with Crippen LogP contribution in [0.4, 0.5) is 5.69 Å². The summed E-state index contributed by atoms with van der Waals surface area (Å²) < 4.78 is 2.07. The van der Waals surface area contributed by atoms with E-state index in [-0.39, 0.29) is 18.3 Å². The van der Waals surface area contributed by atoms with E-state index in [1.54, 1.807) is 11.3 Å². The molecule has 1 aliphatic carbocycles. The van der Waals surface area contributed by atoms with Crippen LogP contribution in [-0.2, 0) is 24.7 Å². The van der Waals surface area contributed by atoms with E-state index in [2.05, 4.69) is 34.3 Å². The summed E-state index contributed by atoms with van der Waals surface area (Å²) in [6, 6.07) is 8.50. The molecule has 1 N–H and O–H groups in total. The predicted molar refractivity (Wildman–Crippen MR) is 111 cm³/mol. The molecular weight excluding hydrogens is 366 g/mol. The summed E-state index contributed by atoms with van der Waals surface area (Å²) in [5.74, 6) is 0.0156. The third kappa shape index (κ3) is 5.45. The van der Waals surface area contributed by atoms with E-state index in [1.165, 1.54) is 37.7 Å². The number of benzene rings is 1. The highest BCUT2D eigenvalue weighted by Gasteiger charge is 2.13. The number of thiazole rings is 1. The normalized spacial score (nSPS) is 15.5. The van der Waals surface area contributed by atoms with Crippen LogP contribution < -0.4 is 10.1 Å². The van der Waals surface area contributed by atoms with Crippen molar-refractivity contribution in [2.24, 2.45) is 12.0 Å². The molecule has 1 aromatic carbocycles. The van der Waals surface area contributed by atoms with Crippen molar-refractivity contribution in [3.05, 3.63) is 45.7 Å². The van der Waals surface area contributed by atoms with Crippen LogP contribution in [0.25, 0.3) is 0 Å². The number of carbonyl (C=O) groups is 1. The molecule has 1 heterocycles. The summed E-state index contributed by atoms with van der Waals surface area (Å²) in [6.45, 7) is 2.13. The zero-order valence-corrected chi connectivity index (χ0v) is 17.2. The summed E-state index contributed by atoms with van der Waals surface area (Å²) in [6.07, 6.45) is 7.69. The van der Waals surface area contributed by atoms with Crippen molar-refractivity contribution in [3.63, 3.8) is 0 Å². The molecule has 0 spiro atoms. The number of hydrogen-bond acceptors (Lipinski definition) is 3. The summed E-state index contributed by atoms with van der Waals surface area (Å²) in [7, 11) is 2.01. The number of aryl methyl sites for hydroxylation is 1. The Balaban J connectivity index is 0.00000243. The average molecular weight is 394 g/mol. The van der Waals surface area contributed by atoms with Crippen LogP contribution in [0.15, 0.2) is 34.6 Å². The van der Waals surface area contributed by atoms with Crippen molar-refractivity contribution in [1.82, 2.24) is 4.57 Å². The number of anilines is 1. The number of aromatic nitrogens is 1. The third-order valence-electron chi connectivity index (χ3n) is 4.87. The van der Waals surface area contributed by atoms with Gasteiger partial charge in [-0.25, -0.2) is 0 Å². The van der Waals surface area contributed by atoms with E-state index in [4.69, 9.17) is 4.99 Å². The van der Waals surface area contributed by atoms with Crippen molar-refractivity contribution in [3.8, 4) is 0 Å². The van der Waals surface area contributed by atoms with Gasteiger partial charge in [-0.2, -0.15) is 0 Å².